The van der Waals surface area contributed by atoms with Crippen molar-refractivity contribution >= 4 is 30.0 Å². The summed E-state index contributed by atoms with van der Waals surface area (Å²) in [5.74, 6) is -0.993. The van der Waals surface area contributed by atoms with E-state index in [4.69, 9.17) is 16.7 Å². The largest absolute Gasteiger partial charge is 0.504 e. The van der Waals surface area contributed by atoms with Crippen LogP contribution in [0.25, 0.3) is 22.5 Å². The first-order valence-corrected chi connectivity index (χ1v) is 6.81. The van der Waals surface area contributed by atoms with Crippen LogP contribution in [-0.4, -0.2) is 26.4 Å². The zero-order valence-corrected chi connectivity index (χ0v) is 13.2. The average molecular weight is 351 g/mol. The maximum atomic E-state index is 10.9. The number of aromatic hydroxyl groups is 1. The van der Waals surface area contributed by atoms with Crippen molar-refractivity contribution in [3.63, 3.8) is 0 Å². The summed E-state index contributed by atoms with van der Waals surface area (Å²) >= 11 is 5.84. The Morgan fingerprint density at radius 3 is 2.13 bits per heavy atom. The summed E-state index contributed by atoms with van der Waals surface area (Å²) in [6, 6.07) is 13.1. The Labute approximate surface area is 143 Å². The van der Waals surface area contributed by atoms with Crippen LogP contribution in [0.3, 0.4) is 0 Å². The molecule has 7 heteroatoms. The molecule has 2 aromatic carbocycles. The van der Waals surface area contributed by atoms with Crippen molar-refractivity contribution in [2.24, 2.45) is 0 Å². The second-order valence-electron chi connectivity index (χ2n) is 4.69. The number of nitrogens with one attached hydrogen (secondary N) is 1. The number of halogens is 2. The van der Waals surface area contributed by atoms with Gasteiger partial charge in [0.15, 0.2) is 5.75 Å². The maximum Gasteiger partial charge on any atom is 0.335 e. The number of carboxylic acid groups (broad SMARTS) is 1. The number of aromatic nitrogens is 2. The molecule has 3 rings (SSSR count). The summed E-state index contributed by atoms with van der Waals surface area (Å²) in [6.45, 7) is 0. The third kappa shape index (κ3) is 3.31. The zero-order chi connectivity index (χ0) is 15.7. The summed E-state index contributed by atoms with van der Waals surface area (Å²) < 4.78 is 0. The van der Waals surface area contributed by atoms with Crippen molar-refractivity contribution in [3.05, 3.63) is 59.1 Å². The van der Waals surface area contributed by atoms with Crippen molar-refractivity contribution in [1.29, 1.82) is 0 Å². The normalized spacial score (nSPS) is 10.1. The highest BCUT2D eigenvalue weighted by Gasteiger charge is 2.15. The Balaban J connectivity index is 0.00000192. The van der Waals surface area contributed by atoms with Gasteiger partial charge in [-0.2, -0.15) is 5.10 Å². The predicted octanol–water partition coefficient (Wildman–Crippen LogP) is 4.22. The third-order valence-corrected chi connectivity index (χ3v) is 3.53. The summed E-state index contributed by atoms with van der Waals surface area (Å²) in [5, 5.41) is 26.7. The highest BCUT2D eigenvalue weighted by Crippen LogP contribution is 2.36. The summed E-state index contributed by atoms with van der Waals surface area (Å²) in [7, 11) is 0. The lowest BCUT2D eigenvalue weighted by Gasteiger charge is -2.01. The number of hydrogen-bond acceptors (Lipinski definition) is 3. The lowest BCUT2D eigenvalue weighted by atomic mass is 10.1. The van der Waals surface area contributed by atoms with E-state index in [-0.39, 0.29) is 23.7 Å². The van der Waals surface area contributed by atoms with E-state index < -0.39 is 5.97 Å². The van der Waals surface area contributed by atoms with Crippen molar-refractivity contribution < 1.29 is 15.0 Å². The lowest BCUT2D eigenvalue weighted by molar-refractivity contribution is 0.0697. The predicted molar refractivity (Wildman–Crippen MR) is 90.3 cm³/mol. The van der Waals surface area contributed by atoms with E-state index in [1.807, 2.05) is 0 Å². The molecule has 0 aliphatic carbocycles. The summed E-state index contributed by atoms with van der Waals surface area (Å²) in [6.07, 6.45) is 0. The number of hydrogen-bond donors (Lipinski definition) is 3. The van der Waals surface area contributed by atoms with Crippen LogP contribution < -0.4 is 0 Å². The van der Waals surface area contributed by atoms with Crippen LogP contribution in [0.5, 0.6) is 5.75 Å². The van der Waals surface area contributed by atoms with Gasteiger partial charge in [-0.15, -0.1) is 12.4 Å². The van der Waals surface area contributed by atoms with Gasteiger partial charge in [0.2, 0.25) is 0 Å². The zero-order valence-electron chi connectivity index (χ0n) is 11.7. The Morgan fingerprint density at radius 1 is 1.00 bits per heavy atom. The number of benzene rings is 2. The fourth-order valence-electron chi connectivity index (χ4n) is 2.13. The van der Waals surface area contributed by atoms with E-state index in [1.54, 1.807) is 36.4 Å². The Kier molecular flexibility index (Phi) is 4.93. The van der Waals surface area contributed by atoms with Crippen LogP contribution in [0.1, 0.15) is 10.4 Å². The van der Waals surface area contributed by atoms with Gasteiger partial charge < -0.3 is 10.2 Å². The molecule has 0 spiro atoms. The molecule has 0 bridgehead atoms. The minimum Gasteiger partial charge on any atom is -0.504 e. The minimum atomic E-state index is -0.998. The molecule has 0 radical (unpaired) electrons. The molecule has 5 nitrogen and oxygen atoms in total. The molecule has 0 fully saturated rings. The molecule has 0 saturated carbocycles. The first-order valence-electron chi connectivity index (χ1n) is 6.43. The Bertz CT molecular complexity index is 828. The number of carbonyl (C=O) groups is 1. The second kappa shape index (κ2) is 6.73. The van der Waals surface area contributed by atoms with Crippen LogP contribution >= 0.6 is 24.0 Å². The quantitative estimate of drug-likeness (QED) is 0.659. The van der Waals surface area contributed by atoms with Crippen LogP contribution in [0.2, 0.25) is 5.02 Å². The van der Waals surface area contributed by atoms with Crippen molar-refractivity contribution in [2.45, 2.75) is 0 Å². The number of H-pyrrole nitrogens is 1. The van der Waals surface area contributed by atoms with Gasteiger partial charge in [0.05, 0.1) is 5.56 Å². The summed E-state index contributed by atoms with van der Waals surface area (Å²) in [5.41, 5.74) is 2.40. The van der Waals surface area contributed by atoms with Crippen molar-refractivity contribution in [2.75, 3.05) is 0 Å². The molecule has 1 aromatic heterocycles. The fraction of sp³-hybridized carbons (Fsp3) is 0. The van der Waals surface area contributed by atoms with Crippen LogP contribution in [0.15, 0.2) is 48.5 Å². The lowest BCUT2D eigenvalue weighted by Crippen LogP contribution is -1.95. The fourth-order valence-corrected chi connectivity index (χ4v) is 2.25. The standard InChI is InChI=1S/C16H11ClN2O3.ClH/c17-12-7-5-10(6-8-12)14-15(20)13(18-19-14)9-1-3-11(4-2-9)16(21)22;/h1-8,20H,(H,18,19)(H,21,22);1H. The van der Waals surface area contributed by atoms with Gasteiger partial charge in [0.25, 0.3) is 0 Å². The third-order valence-electron chi connectivity index (χ3n) is 3.28. The monoisotopic (exact) mass is 350 g/mol. The highest BCUT2D eigenvalue weighted by atomic mass is 35.5. The number of aromatic amines is 1. The Hall–Kier alpha value is -2.50. The van der Waals surface area contributed by atoms with Gasteiger partial charge in [0, 0.05) is 16.1 Å². The van der Waals surface area contributed by atoms with Gasteiger partial charge in [-0.1, -0.05) is 35.9 Å². The molecule has 3 N–H and O–H groups in total. The molecule has 1 heterocycles. The average Bonchev–Trinajstić information content (AvgIpc) is 2.90. The first kappa shape index (κ1) is 16.9. The van der Waals surface area contributed by atoms with Gasteiger partial charge in [-0.25, -0.2) is 4.79 Å². The minimum absolute atomic E-state index is 0. The van der Waals surface area contributed by atoms with Gasteiger partial charge in [-0.05, 0) is 24.3 Å². The molecule has 0 aliphatic heterocycles. The first-order chi connectivity index (χ1) is 10.6. The van der Waals surface area contributed by atoms with Crippen LogP contribution in [-0.2, 0) is 0 Å². The molecular weight excluding hydrogens is 339 g/mol. The topological polar surface area (TPSA) is 86.2 Å². The molecule has 3 aromatic rings. The Morgan fingerprint density at radius 2 is 1.57 bits per heavy atom. The molecule has 0 unspecified atom stereocenters. The molecule has 0 amide bonds. The molecule has 0 saturated heterocycles. The second-order valence-corrected chi connectivity index (χ2v) is 5.12. The summed E-state index contributed by atoms with van der Waals surface area (Å²) in [4.78, 5) is 10.9. The van der Waals surface area contributed by atoms with E-state index in [0.717, 1.165) is 5.56 Å². The number of rotatable bonds is 3. The number of carboxylic acids is 1. The van der Waals surface area contributed by atoms with Gasteiger partial charge in [-0.3, -0.25) is 5.10 Å². The van der Waals surface area contributed by atoms with Crippen LogP contribution in [0.4, 0.5) is 0 Å². The van der Waals surface area contributed by atoms with Crippen LogP contribution in [0, 0.1) is 0 Å². The van der Waals surface area contributed by atoms with Gasteiger partial charge in [0.1, 0.15) is 11.4 Å². The highest BCUT2D eigenvalue weighted by molar-refractivity contribution is 6.30. The van der Waals surface area contributed by atoms with E-state index in [2.05, 4.69) is 10.2 Å². The van der Waals surface area contributed by atoms with E-state index in [0.29, 0.717) is 22.0 Å². The van der Waals surface area contributed by atoms with E-state index >= 15 is 0 Å². The number of aromatic carboxylic acids is 1. The molecule has 0 atom stereocenters. The van der Waals surface area contributed by atoms with E-state index in [1.165, 1.54) is 12.1 Å². The van der Waals surface area contributed by atoms with Crippen molar-refractivity contribution in [3.8, 4) is 28.3 Å². The smallest absolute Gasteiger partial charge is 0.335 e. The molecule has 0 aliphatic rings. The molecule has 23 heavy (non-hydrogen) atoms. The van der Waals surface area contributed by atoms with Crippen molar-refractivity contribution in [1.82, 2.24) is 10.2 Å². The molecule has 118 valence electrons. The maximum absolute atomic E-state index is 10.9. The van der Waals surface area contributed by atoms with E-state index in [9.17, 15) is 9.90 Å². The molecular formula is C16H12Cl2N2O3. The van der Waals surface area contributed by atoms with Gasteiger partial charge >= 0.3 is 5.97 Å². The number of nitrogens with zero attached hydrogens (tertiary/aromatic N) is 1. The SMILES string of the molecule is Cl.O=C(O)c1ccc(-c2[nH]nc(-c3ccc(Cl)cc3)c2O)cc1.